The van der Waals surface area contributed by atoms with E-state index in [-0.39, 0.29) is 4.90 Å². The van der Waals surface area contributed by atoms with Crippen molar-refractivity contribution in [3.05, 3.63) is 24.3 Å². The molecule has 0 saturated heterocycles. The standard InChI is InChI=1S/C12H15ClO3S/c1-9-2-3-10(9)8-16-11-4-6-12(7-5-11)17(13,14)15/h4-7,9-10H,2-3,8H2,1H3/t9-,10+/m1/s1. The summed E-state index contributed by atoms with van der Waals surface area (Å²) < 4.78 is 27.7. The lowest BCUT2D eigenvalue weighted by atomic mass is 9.75. The molecule has 1 saturated carbocycles. The van der Waals surface area contributed by atoms with Crippen LogP contribution in [0.1, 0.15) is 19.8 Å². The van der Waals surface area contributed by atoms with Gasteiger partial charge in [-0.1, -0.05) is 6.92 Å². The molecule has 0 spiro atoms. The van der Waals surface area contributed by atoms with Gasteiger partial charge < -0.3 is 4.74 Å². The maximum absolute atomic E-state index is 11.0. The van der Waals surface area contributed by atoms with E-state index in [1.54, 1.807) is 12.1 Å². The van der Waals surface area contributed by atoms with Crippen LogP contribution >= 0.6 is 10.7 Å². The third kappa shape index (κ3) is 3.13. The fourth-order valence-corrected chi connectivity index (χ4v) is 2.65. The molecule has 1 aromatic rings. The van der Waals surface area contributed by atoms with Gasteiger partial charge in [0.2, 0.25) is 0 Å². The zero-order chi connectivity index (χ0) is 12.5. The van der Waals surface area contributed by atoms with E-state index >= 15 is 0 Å². The van der Waals surface area contributed by atoms with Gasteiger partial charge in [-0.25, -0.2) is 8.42 Å². The Bertz CT molecular complexity index is 481. The number of ether oxygens (including phenoxy) is 1. The van der Waals surface area contributed by atoms with E-state index < -0.39 is 9.05 Å². The highest BCUT2D eigenvalue weighted by molar-refractivity contribution is 8.13. The number of hydrogen-bond donors (Lipinski definition) is 0. The molecule has 0 aromatic heterocycles. The van der Waals surface area contributed by atoms with Crippen molar-refractivity contribution in [3.63, 3.8) is 0 Å². The molecule has 1 aliphatic rings. The first kappa shape index (κ1) is 12.7. The highest BCUT2D eigenvalue weighted by atomic mass is 35.7. The molecular weight excluding hydrogens is 260 g/mol. The summed E-state index contributed by atoms with van der Waals surface area (Å²) >= 11 is 0. The summed E-state index contributed by atoms with van der Waals surface area (Å²) in [5.41, 5.74) is 0. The van der Waals surface area contributed by atoms with Crippen LogP contribution in [0.5, 0.6) is 5.75 Å². The van der Waals surface area contributed by atoms with Gasteiger partial charge in [0.05, 0.1) is 11.5 Å². The smallest absolute Gasteiger partial charge is 0.261 e. The summed E-state index contributed by atoms with van der Waals surface area (Å²) in [4.78, 5) is 0.100. The molecule has 0 aliphatic heterocycles. The Balaban J connectivity index is 1.94. The molecule has 17 heavy (non-hydrogen) atoms. The minimum atomic E-state index is -3.64. The summed E-state index contributed by atoms with van der Waals surface area (Å²) in [5, 5.41) is 0. The monoisotopic (exact) mass is 274 g/mol. The molecule has 94 valence electrons. The second-order valence-electron chi connectivity index (χ2n) is 4.53. The minimum Gasteiger partial charge on any atom is -0.493 e. The Hall–Kier alpha value is -0.740. The SMILES string of the molecule is C[C@@H]1CC[C@H]1COc1ccc(S(=O)(=O)Cl)cc1. The Labute approximate surface area is 106 Å². The van der Waals surface area contributed by atoms with Gasteiger partial charge in [0, 0.05) is 10.7 Å². The van der Waals surface area contributed by atoms with Crippen LogP contribution < -0.4 is 4.74 Å². The molecule has 0 bridgehead atoms. The van der Waals surface area contributed by atoms with Crippen molar-refractivity contribution >= 4 is 19.7 Å². The van der Waals surface area contributed by atoms with Crippen LogP contribution in [0.4, 0.5) is 0 Å². The van der Waals surface area contributed by atoms with Crippen molar-refractivity contribution in [3.8, 4) is 5.75 Å². The molecule has 1 aliphatic carbocycles. The Morgan fingerprint density at radius 2 is 1.94 bits per heavy atom. The fraction of sp³-hybridized carbons (Fsp3) is 0.500. The average Bonchev–Trinajstić information content (AvgIpc) is 2.27. The second kappa shape index (κ2) is 4.86. The molecule has 2 atom stereocenters. The molecule has 0 N–H and O–H groups in total. The number of hydrogen-bond acceptors (Lipinski definition) is 3. The fourth-order valence-electron chi connectivity index (χ4n) is 1.88. The third-order valence-electron chi connectivity index (χ3n) is 3.37. The highest BCUT2D eigenvalue weighted by Gasteiger charge is 2.27. The maximum atomic E-state index is 11.0. The van der Waals surface area contributed by atoms with E-state index in [1.807, 2.05) is 0 Å². The molecule has 3 nitrogen and oxygen atoms in total. The van der Waals surface area contributed by atoms with Crippen molar-refractivity contribution in [2.45, 2.75) is 24.7 Å². The summed E-state index contributed by atoms with van der Waals surface area (Å²) in [7, 11) is 1.58. The van der Waals surface area contributed by atoms with Crippen molar-refractivity contribution in [1.29, 1.82) is 0 Å². The largest absolute Gasteiger partial charge is 0.493 e. The molecule has 0 unspecified atom stereocenters. The van der Waals surface area contributed by atoms with E-state index in [1.165, 1.54) is 25.0 Å². The van der Waals surface area contributed by atoms with Gasteiger partial charge in [0.15, 0.2) is 0 Å². The second-order valence-corrected chi connectivity index (χ2v) is 7.10. The van der Waals surface area contributed by atoms with E-state index in [0.29, 0.717) is 18.3 Å². The van der Waals surface area contributed by atoms with Crippen molar-refractivity contribution in [1.82, 2.24) is 0 Å². The van der Waals surface area contributed by atoms with Gasteiger partial charge in [0.1, 0.15) is 5.75 Å². The minimum absolute atomic E-state index is 0.100. The van der Waals surface area contributed by atoms with Crippen molar-refractivity contribution < 1.29 is 13.2 Å². The van der Waals surface area contributed by atoms with Gasteiger partial charge in [-0.3, -0.25) is 0 Å². The quantitative estimate of drug-likeness (QED) is 0.793. The van der Waals surface area contributed by atoms with Gasteiger partial charge >= 0.3 is 0 Å². The lowest BCUT2D eigenvalue weighted by Crippen LogP contribution is -2.28. The number of benzene rings is 1. The average molecular weight is 275 g/mol. The highest BCUT2D eigenvalue weighted by Crippen LogP contribution is 2.34. The first-order chi connectivity index (χ1) is 7.97. The zero-order valence-electron chi connectivity index (χ0n) is 9.60. The third-order valence-corrected chi connectivity index (χ3v) is 4.74. The van der Waals surface area contributed by atoms with Gasteiger partial charge in [-0.2, -0.15) is 0 Å². The molecule has 0 radical (unpaired) electrons. The lowest BCUT2D eigenvalue weighted by molar-refractivity contribution is 0.116. The Kier molecular flexibility index (Phi) is 3.64. The van der Waals surface area contributed by atoms with E-state index in [2.05, 4.69) is 6.92 Å². The topological polar surface area (TPSA) is 43.4 Å². The van der Waals surface area contributed by atoms with E-state index in [0.717, 1.165) is 5.92 Å². The predicted octanol–water partition coefficient (Wildman–Crippen LogP) is 3.04. The molecular formula is C12H15ClO3S. The Morgan fingerprint density at radius 1 is 1.29 bits per heavy atom. The molecule has 5 heteroatoms. The van der Waals surface area contributed by atoms with Gasteiger partial charge in [0.25, 0.3) is 9.05 Å². The van der Waals surface area contributed by atoms with Crippen molar-refractivity contribution in [2.24, 2.45) is 11.8 Å². The lowest BCUT2D eigenvalue weighted by Gasteiger charge is -2.33. The van der Waals surface area contributed by atoms with Crippen LogP contribution in [-0.4, -0.2) is 15.0 Å². The van der Waals surface area contributed by atoms with Crippen LogP contribution in [-0.2, 0) is 9.05 Å². The van der Waals surface area contributed by atoms with Gasteiger partial charge in [-0.15, -0.1) is 0 Å². The molecule has 0 amide bonds. The summed E-state index contributed by atoms with van der Waals surface area (Å²) in [5.74, 6) is 2.05. The predicted molar refractivity (Wildman–Crippen MR) is 66.9 cm³/mol. The summed E-state index contributed by atoms with van der Waals surface area (Å²) in [6.45, 7) is 2.93. The van der Waals surface area contributed by atoms with Crippen molar-refractivity contribution in [2.75, 3.05) is 6.61 Å². The molecule has 0 heterocycles. The van der Waals surface area contributed by atoms with E-state index in [9.17, 15) is 8.42 Å². The van der Waals surface area contributed by atoms with E-state index in [4.69, 9.17) is 15.4 Å². The maximum Gasteiger partial charge on any atom is 0.261 e. The zero-order valence-corrected chi connectivity index (χ0v) is 11.2. The van der Waals surface area contributed by atoms with Crippen LogP contribution in [0.25, 0.3) is 0 Å². The molecule has 2 rings (SSSR count). The van der Waals surface area contributed by atoms with Crippen LogP contribution in [0.2, 0.25) is 0 Å². The number of rotatable bonds is 4. The number of halogens is 1. The normalized spacial score (nSPS) is 24.1. The van der Waals surface area contributed by atoms with Crippen LogP contribution in [0, 0.1) is 11.8 Å². The molecule has 1 fully saturated rings. The first-order valence-electron chi connectivity index (χ1n) is 5.64. The summed E-state index contributed by atoms with van der Waals surface area (Å²) in [6, 6.07) is 6.20. The Morgan fingerprint density at radius 3 is 2.35 bits per heavy atom. The van der Waals surface area contributed by atoms with Gasteiger partial charge in [-0.05, 0) is 48.9 Å². The first-order valence-corrected chi connectivity index (χ1v) is 7.95. The summed E-state index contributed by atoms with van der Waals surface area (Å²) in [6.07, 6.45) is 2.49. The van der Waals surface area contributed by atoms with Crippen LogP contribution in [0.15, 0.2) is 29.2 Å². The molecule has 1 aromatic carbocycles. The van der Waals surface area contributed by atoms with Crippen LogP contribution in [0.3, 0.4) is 0 Å².